The van der Waals surface area contributed by atoms with Crippen LogP contribution in [0, 0.1) is 0 Å². The largest absolute Gasteiger partial charge is 0.466 e. The van der Waals surface area contributed by atoms with Gasteiger partial charge in [0.1, 0.15) is 0 Å². The van der Waals surface area contributed by atoms with Gasteiger partial charge in [-0.1, -0.05) is 6.58 Å². The van der Waals surface area contributed by atoms with Crippen molar-refractivity contribution in [3.63, 3.8) is 0 Å². The summed E-state index contributed by atoms with van der Waals surface area (Å²) in [6.45, 7) is 4.30. The van der Waals surface area contributed by atoms with Gasteiger partial charge in [0.25, 0.3) is 0 Å². The quantitative estimate of drug-likeness (QED) is 0.240. The first-order chi connectivity index (χ1) is 4.74. The van der Waals surface area contributed by atoms with Gasteiger partial charge >= 0.3 is 5.97 Å². The van der Waals surface area contributed by atoms with Crippen LogP contribution in [0.2, 0.25) is 0 Å². The Bertz CT molecular complexity index is 163. The first-order valence-corrected chi connectivity index (χ1v) is 3.11. The third kappa shape index (κ3) is 3.34. The maximum absolute atomic E-state index is 10.7. The SMILES string of the molecule is C=C(CC1CO1)C(=O)OC.[SiH4]. The molecule has 1 atom stereocenters. The van der Waals surface area contributed by atoms with Crippen LogP contribution in [-0.4, -0.2) is 36.8 Å². The summed E-state index contributed by atoms with van der Waals surface area (Å²) in [4.78, 5) is 10.7. The van der Waals surface area contributed by atoms with E-state index in [1.807, 2.05) is 0 Å². The number of methoxy groups -OCH3 is 1. The molecule has 0 spiro atoms. The normalized spacial score (nSPS) is 19.9. The highest BCUT2D eigenvalue weighted by atomic mass is 28.1. The van der Waals surface area contributed by atoms with Crippen LogP contribution in [-0.2, 0) is 14.3 Å². The van der Waals surface area contributed by atoms with E-state index in [0.717, 1.165) is 6.61 Å². The molecule has 1 saturated heterocycles. The molecule has 1 aliphatic heterocycles. The Morgan fingerprint density at radius 2 is 2.36 bits per heavy atom. The highest BCUT2D eigenvalue weighted by molar-refractivity contribution is 5.87. The number of ether oxygens (including phenoxy) is 2. The van der Waals surface area contributed by atoms with E-state index in [4.69, 9.17) is 4.74 Å². The molecule has 1 unspecified atom stereocenters. The van der Waals surface area contributed by atoms with Crippen LogP contribution in [0.1, 0.15) is 6.42 Å². The zero-order valence-electron chi connectivity index (χ0n) is 5.92. The molecular formula is C7H14O3Si. The predicted molar refractivity (Wildman–Crippen MR) is 46.8 cm³/mol. The predicted octanol–water partition coefficient (Wildman–Crippen LogP) is -0.947. The molecule has 0 bridgehead atoms. The number of hydrogen-bond acceptors (Lipinski definition) is 3. The van der Waals surface area contributed by atoms with Crippen LogP contribution in [0.15, 0.2) is 12.2 Å². The smallest absolute Gasteiger partial charge is 0.333 e. The molecule has 0 aromatic heterocycles. The number of hydrogen-bond donors (Lipinski definition) is 0. The van der Waals surface area contributed by atoms with Crippen molar-refractivity contribution in [2.24, 2.45) is 0 Å². The van der Waals surface area contributed by atoms with E-state index < -0.39 is 0 Å². The Morgan fingerprint density at radius 1 is 1.82 bits per heavy atom. The average molecular weight is 174 g/mol. The number of carbonyl (C=O) groups excluding carboxylic acids is 1. The summed E-state index contributed by atoms with van der Waals surface area (Å²) >= 11 is 0. The Balaban J connectivity index is 0.000001000. The van der Waals surface area contributed by atoms with Crippen LogP contribution in [0.5, 0.6) is 0 Å². The Morgan fingerprint density at radius 3 is 2.73 bits per heavy atom. The lowest BCUT2D eigenvalue weighted by atomic mass is 10.2. The van der Waals surface area contributed by atoms with Crippen molar-refractivity contribution in [1.82, 2.24) is 0 Å². The van der Waals surface area contributed by atoms with Crippen LogP contribution in [0.4, 0.5) is 0 Å². The van der Waals surface area contributed by atoms with E-state index in [0.29, 0.717) is 12.0 Å². The molecule has 0 N–H and O–H groups in total. The van der Waals surface area contributed by atoms with E-state index in [1.165, 1.54) is 7.11 Å². The summed E-state index contributed by atoms with van der Waals surface area (Å²) in [5.41, 5.74) is 0.491. The summed E-state index contributed by atoms with van der Waals surface area (Å²) < 4.78 is 9.35. The minimum Gasteiger partial charge on any atom is -0.466 e. The minimum atomic E-state index is -0.337. The summed E-state index contributed by atoms with van der Waals surface area (Å²) in [7, 11) is 1.35. The molecule has 0 aromatic carbocycles. The van der Waals surface area contributed by atoms with Gasteiger partial charge in [-0.15, -0.1) is 0 Å². The Kier molecular flexibility index (Phi) is 4.06. The molecule has 1 rings (SSSR count). The number of rotatable bonds is 3. The summed E-state index contributed by atoms with van der Waals surface area (Å²) in [6.07, 6.45) is 0.818. The Hall–Kier alpha value is -0.613. The van der Waals surface area contributed by atoms with Crippen molar-refractivity contribution in [3.8, 4) is 0 Å². The average Bonchev–Trinajstić information content (AvgIpc) is 2.70. The maximum Gasteiger partial charge on any atom is 0.333 e. The van der Waals surface area contributed by atoms with Crippen molar-refractivity contribution >= 4 is 16.9 Å². The summed E-state index contributed by atoms with van der Waals surface area (Å²) in [5, 5.41) is 0. The molecule has 4 heteroatoms. The molecule has 0 radical (unpaired) electrons. The van der Waals surface area contributed by atoms with E-state index >= 15 is 0 Å². The van der Waals surface area contributed by atoms with Gasteiger partial charge in [0.05, 0.1) is 19.8 Å². The molecule has 11 heavy (non-hydrogen) atoms. The third-order valence-electron chi connectivity index (χ3n) is 1.35. The second-order valence-corrected chi connectivity index (χ2v) is 2.25. The fourth-order valence-electron chi connectivity index (χ4n) is 0.688. The fraction of sp³-hybridized carbons (Fsp3) is 0.571. The first-order valence-electron chi connectivity index (χ1n) is 3.11. The lowest BCUT2D eigenvalue weighted by molar-refractivity contribution is -0.136. The molecule has 1 aliphatic rings. The maximum atomic E-state index is 10.7. The second-order valence-electron chi connectivity index (χ2n) is 2.25. The Labute approximate surface area is 70.4 Å². The summed E-state index contributed by atoms with van der Waals surface area (Å²) in [5.74, 6) is -0.337. The van der Waals surface area contributed by atoms with Gasteiger partial charge in [0.2, 0.25) is 0 Å². The van der Waals surface area contributed by atoms with E-state index in [-0.39, 0.29) is 23.0 Å². The number of esters is 1. The molecule has 0 amide bonds. The van der Waals surface area contributed by atoms with Crippen molar-refractivity contribution in [2.45, 2.75) is 12.5 Å². The zero-order valence-corrected chi connectivity index (χ0v) is 5.92. The van der Waals surface area contributed by atoms with Crippen LogP contribution in [0.25, 0.3) is 0 Å². The van der Waals surface area contributed by atoms with Gasteiger partial charge in [-0.25, -0.2) is 4.79 Å². The first kappa shape index (κ1) is 10.4. The van der Waals surface area contributed by atoms with Gasteiger partial charge < -0.3 is 9.47 Å². The summed E-state index contributed by atoms with van der Waals surface area (Å²) in [6, 6.07) is 0. The molecule has 64 valence electrons. The van der Waals surface area contributed by atoms with Crippen molar-refractivity contribution < 1.29 is 14.3 Å². The van der Waals surface area contributed by atoms with Gasteiger partial charge in [0, 0.05) is 12.0 Å². The van der Waals surface area contributed by atoms with Gasteiger partial charge in [0.15, 0.2) is 0 Å². The fourth-order valence-corrected chi connectivity index (χ4v) is 0.688. The van der Waals surface area contributed by atoms with E-state index in [2.05, 4.69) is 11.3 Å². The monoisotopic (exact) mass is 174 g/mol. The molecule has 0 saturated carbocycles. The second kappa shape index (κ2) is 4.30. The van der Waals surface area contributed by atoms with Crippen LogP contribution in [0.3, 0.4) is 0 Å². The lowest BCUT2D eigenvalue weighted by Crippen LogP contribution is -2.05. The number of epoxide rings is 1. The molecule has 1 heterocycles. The topological polar surface area (TPSA) is 38.8 Å². The van der Waals surface area contributed by atoms with Gasteiger partial charge in [-0.2, -0.15) is 0 Å². The van der Waals surface area contributed by atoms with Crippen LogP contribution < -0.4 is 0 Å². The third-order valence-corrected chi connectivity index (χ3v) is 1.35. The molecule has 0 aromatic rings. The van der Waals surface area contributed by atoms with Gasteiger partial charge in [-0.05, 0) is 11.0 Å². The van der Waals surface area contributed by atoms with Gasteiger partial charge in [-0.3, -0.25) is 0 Å². The van der Waals surface area contributed by atoms with Crippen LogP contribution >= 0.6 is 0 Å². The molecular weight excluding hydrogens is 160 g/mol. The van der Waals surface area contributed by atoms with Crippen molar-refractivity contribution in [2.75, 3.05) is 13.7 Å². The number of carbonyl (C=O) groups is 1. The standard InChI is InChI=1S/C7H10O3.H4Si/c1-5(7(8)9-2)3-6-4-10-6;/h6H,1,3-4H2,2H3;1H4. The van der Waals surface area contributed by atoms with E-state index in [1.54, 1.807) is 0 Å². The highest BCUT2D eigenvalue weighted by Crippen LogP contribution is 2.18. The lowest BCUT2D eigenvalue weighted by Gasteiger charge is -1.98. The van der Waals surface area contributed by atoms with E-state index in [9.17, 15) is 4.79 Å². The van der Waals surface area contributed by atoms with Crippen molar-refractivity contribution in [3.05, 3.63) is 12.2 Å². The highest BCUT2D eigenvalue weighted by Gasteiger charge is 2.25. The minimum absolute atomic E-state index is 0. The zero-order chi connectivity index (χ0) is 7.56. The van der Waals surface area contributed by atoms with Crippen molar-refractivity contribution in [1.29, 1.82) is 0 Å². The molecule has 3 nitrogen and oxygen atoms in total. The molecule has 0 aliphatic carbocycles. The molecule has 1 fully saturated rings.